The third-order valence-electron chi connectivity index (χ3n) is 4.85. The van der Waals surface area contributed by atoms with Crippen molar-refractivity contribution in [2.75, 3.05) is 5.32 Å². The summed E-state index contributed by atoms with van der Waals surface area (Å²) in [7, 11) is 0. The fourth-order valence-corrected chi connectivity index (χ4v) is 3.50. The van der Waals surface area contributed by atoms with Crippen molar-refractivity contribution in [1.82, 2.24) is 4.90 Å². The molecule has 4 nitrogen and oxygen atoms in total. The normalized spacial score (nSPS) is 17.3. The van der Waals surface area contributed by atoms with Gasteiger partial charge < -0.3 is 15.3 Å². The first-order valence-electron chi connectivity index (χ1n) is 8.67. The van der Waals surface area contributed by atoms with E-state index in [0.29, 0.717) is 5.56 Å². The van der Waals surface area contributed by atoms with Crippen molar-refractivity contribution in [2.45, 2.75) is 19.1 Å². The molecule has 1 heterocycles. The van der Waals surface area contributed by atoms with Crippen LogP contribution < -0.4 is 5.32 Å². The van der Waals surface area contributed by atoms with Gasteiger partial charge in [0, 0.05) is 5.69 Å². The summed E-state index contributed by atoms with van der Waals surface area (Å²) in [5, 5.41) is 13.4. The van der Waals surface area contributed by atoms with Crippen LogP contribution in [-0.2, 0) is 0 Å². The standard InChI is InChI=1S/C22H20N2O2/c1-15(16-8-3-2-4-9-16)24-21(17-10-7-11-18(25)14-17)23-20-13-6-5-12-19(20)22(24)26/h2-15,21,23,25H,1H3/t15-,21+/m1/s1. The third-order valence-corrected chi connectivity index (χ3v) is 4.85. The fourth-order valence-electron chi connectivity index (χ4n) is 3.50. The number of phenolic OH excluding ortho intramolecular Hbond substituents is 1. The van der Waals surface area contributed by atoms with Crippen molar-refractivity contribution in [1.29, 1.82) is 0 Å². The summed E-state index contributed by atoms with van der Waals surface area (Å²) in [6.45, 7) is 2.03. The predicted molar refractivity (Wildman–Crippen MR) is 102 cm³/mol. The number of amides is 1. The van der Waals surface area contributed by atoms with E-state index in [9.17, 15) is 9.90 Å². The van der Waals surface area contributed by atoms with E-state index < -0.39 is 0 Å². The van der Waals surface area contributed by atoms with Gasteiger partial charge in [0.1, 0.15) is 11.9 Å². The van der Waals surface area contributed by atoms with E-state index in [1.807, 2.05) is 72.5 Å². The molecular formula is C22H20N2O2. The summed E-state index contributed by atoms with van der Waals surface area (Å²) in [6.07, 6.45) is -0.361. The number of para-hydroxylation sites is 1. The Morgan fingerprint density at radius 1 is 0.962 bits per heavy atom. The number of benzene rings is 3. The molecule has 3 aromatic carbocycles. The Morgan fingerprint density at radius 3 is 2.46 bits per heavy atom. The summed E-state index contributed by atoms with van der Waals surface area (Å²) in [5.41, 5.74) is 3.37. The summed E-state index contributed by atoms with van der Waals surface area (Å²) in [5.74, 6) is 0.159. The monoisotopic (exact) mass is 344 g/mol. The lowest BCUT2D eigenvalue weighted by Gasteiger charge is -2.42. The molecule has 1 aliphatic heterocycles. The van der Waals surface area contributed by atoms with Gasteiger partial charge in [-0.3, -0.25) is 4.79 Å². The van der Waals surface area contributed by atoms with E-state index in [0.717, 1.165) is 16.8 Å². The first kappa shape index (κ1) is 16.2. The highest BCUT2D eigenvalue weighted by Crippen LogP contribution is 2.39. The van der Waals surface area contributed by atoms with Crippen LogP contribution in [0.15, 0.2) is 78.9 Å². The number of carbonyl (C=O) groups is 1. The second-order valence-electron chi connectivity index (χ2n) is 6.49. The lowest BCUT2D eigenvalue weighted by molar-refractivity contribution is 0.0596. The Morgan fingerprint density at radius 2 is 1.69 bits per heavy atom. The molecule has 4 rings (SSSR count). The number of anilines is 1. The second-order valence-corrected chi connectivity index (χ2v) is 6.49. The van der Waals surface area contributed by atoms with Gasteiger partial charge >= 0.3 is 0 Å². The van der Waals surface area contributed by atoms with E-state index in [-0.39, 0.29) is 23.9 Å². The molecule has 0 bridgehead atoms. The number of nitrogens with one attached hydrogen (secondary N) is 1. The molecule has 0 saturated heterocycles. The Bertz CT molecular complexity index is 940. The molecule has 2 atom stereocenters. The van der Waals surface area contributed by atoms with Crippen LogP contribution in [0.5, 0.6) is 5.75 Å². The number of nitrogens with zero attached hydrogens (tertiary/aromatic N) is 1. The van der Waals surface area contributed by atoms with Gasteiger partial charge in [0.2, 0.25) is 0 Å². The quantitative estimate of drug-likeness (QED) is 0.723. The third kappa shape index (κ3) is 2.80. The van der Waals surface area contributed by atoms with Gasteiger partial charge in [-0.2, -0.15) is 0 Å². The summed E-state index contributed by atoms with van der Waals surface area (Å²) in [4.78, 5) is 15.2. The molecule has 0 aromatic heterocycles. The van der Waals surface area contributed by atoms with Crippen LogP contribution in [0.25, 0.3) is 0 Å². The Balaban J connectivity index is 1.82. The second kappa shape index (κ2) is 6.56. The minimum Gasteiger partial charge on any atom is -0.508 e. The Kier molecular flexibility index (Phi) is 4.09. The molecule has 2 N–H and O–H groups in total. The van der Waals surface area contributed by atoms with Crippen molar-refractivity contribution in [3.8, 4) is 5.75 Å². The van der Waals surface area contributed by atoms with E-state index >= 15 is 0 Å². The minimum absolute atomic E-state index is 0.0240. The zero-order valence-electron chi connectivity index (χ0n) is 14.5. The molecule has 26 heavy (non-hydrogen) atoms. The van der Waals surface area contributed by atoms with Gasteiger partial charge in [0.15, 0.2) is 0 Å². The number of hydrogen-bond donors (Lipinski definition) is 2. The maximum atomic E-state index is 13.3. The van der Waals surface area contributed by atoms with Crippen molar-refractivity contribution in [3.63, 3.8) is 0 Å². The van der Waals surface area contributed by atoms with E-state index in [1.165, 1.54) is 0 Å². The van der Waals surface area contributed by atoms with Crippen LogP contribution in [0, 0.1) is 0 Å². The molecule has 1 amide bonds. The molecule has 0 radical (unpaired) electrons. The lowest BCUT2D eigenvalue weighted by atomic mass is 9.98. The van der Waals surface area contributed by atoms with Crippen LogP contribution in [0.3, 0.4) is 0 Å². The summed E-state index contributed by atoms with van der Waals surface area (Å²) >= 11 is 0. The molecular weight excluding hydrogens is 324 g/mol. The molecule has 3 aromatic rings. The molecule has 0 unspecified atom stereocenters. The SMILES string of the molecule is C[C@H](c1ccccc1)N1C(=O)c2ccccc2N[C@@H]1c1cccc(O)c1. The van der Waals surface area contributed by atoms with Gasteiger partial charge in [-0.05, 0) is 42.3 Å². The van der Waals surface area contributed by atoms with Crippen LogP contribution in [0.1, 0.15) is 40.6 Å². The number of fused-ring (bicyclic) bond motifs is 1. The number of rotatable bonds is 3. The number of aromatic hydroxyl groups is 1. The van der Waals surface area contributed by atoms with Crippen molar-refractivity contribution >= 4 is 11.6 Å². The van der Waals surface area contributed by atoms with Gasteiger partial charge in [0.05, 0.1) is 11.6 Å². The molecule has 1 aliphatic rings. The van der Waals surface area contributed by atoms with E-state index in [4.69, 9.17) is 0 Å². The highest BCUT2D eigenvalue weighted by molar-refractivity contribution is 6.02. The molecule has 0 saturated carbocycles. The Labute approximate surface area is 152 Å². The molecule has 0 aliphatic carbocycles. The largest absolute Gasteiger partial charge is 0.508 e. The molecule has 0 spiro atoms. The lowest BCUT2D eigenvalue weighted by Crippen LogP contribution is -2.44. The minimum atomic E-state index is -0.361. The van der Waals surface area contributed by atoms with Gasteiger partial charge in [-0.25, -0.2) is 0 Å². The van der Waals surface area contributed by atoms with E-state index in [2.05, 4.69) is 5.32 Å². The van der Waals surface area contributed by atoms with Crippen molar-refractivity contribution < 1.29 is 9.90 Å². The van der Waals surface area contributed by atoms with Gasteiger partial charge in [0.25, 0.3) is 5.91 Å². The van der Waals surface area contributed by atoms with Gasteiger partial charge in [-0.1, -0.05) is 54.6 Å². The fraction of sp³-hybridized carbons (Fsp3) is 0.136. The maximum Gasteiger partial charge on any atom is 0.258 e. The van der Waals surface area contributed by atoms with Gasteiger partial charge in [-0.15, -0.1) is 0 Å². The highest BCUT2D eigenvalue weighted by atomic mass is 16.3. The maximum absolute atomic E-state index is 13.3. The molecule has 130 valence electrons. The van der Waals surface area contributed by atoms with Crippen LogP contribution in [0.4, 0.5) is 5.69 Å². The average Bonchev–Trinajstić information content (AvgIpc) is 2.68. The Hall–Kier alpha value is -3.27. The zero-order valence-corrected chi connectivity index (χ0v) is 14.5. The molecule has 0 fully saturated rings. The molecule has 4 heteroatoms. The predicted octanol–water partition coefficient (Wildman–Crippen LogP) is 4.72. The van der Waals surface area contributed by atoms with Crippen LogP contribution >= 0.6 is 0 Å². The number of carbonyl (C=O) groups excluding carboxylic acids is 1. The smallest absolute Gasteiger partial charge is 0.258 e. The number of phenols is 1. The zero-order chi connectivity index (χ0) is 18.1. The highest BCUT2D eigenvalue weighted by Gasteiger charge is 2.36. The number of hydrogen-bond acceptors (Lipinski definition) is 3. The summed E-state index contributed by atoms with van der Waals surface area (Å²) < 4.78 is 0. The average molecular weight is 344 g/mol. The van der Waals surface area contributed by atoms with Crippen LogP contribution in [0.2, 0.25) is 0 Å². The van der Waals surface area contributed by atoms with Crippen molar-refractivity contribution in [3.05, 3.63) is 95.6 Å². The first-order valence-corrected chi connectivity index (χ1v) is 8.67. The van der Waals surface area contributed by atoms with Crippen molar-refractivity contribution in [2.24, 2.45) is 0 Å². The van der Waals surface area contributed by atoms with E-state index in [1.54, 1.807) is 18.2 Å². The van der Waals surface area contributed by atoms with Crippen LogP contribution in [-0.4, -0.2) is 15.9 Å². The topological polar surface area (TPSA) is 52.6 Å². The summed E-state index contributed by atoms with van der Waals surface area (Å²) in [6, 6.07) is 24.4. The first-order chi connectivity index (χ1) is 12.6.